The minimum atomic E-state index is -0.856. The lowest BCUT2D eigenvalue weighted by molar-refractivity contribution is 0.0729. The third-order valence-electron chi connectivity index (χ3n) is 6.44. The van der Waals surface area contributed by atoms with E-state index in [9.17, 15) is 14.4 Å². The number of nitriles is 1. The lowest BCUT2D eigenvalue weighted by atomic mass is 9.83. The highest BCUT2D eigenvalue weighted by Gasteiger charge is 2.32. The van der Waals surface area contributed by atoms with Crippen molar-refractivity contribution in [2.75, 3.05) is 6.61 Å². The van der Waals surface area contributed by atoms with Crippen molar-refractivity contribution >= 4 is 17.6 Å². The van der Waals surface area contributed by atoms with E-state index in [2.05, 4.69) is 6.07 Å². The van der Waals surface area contributed by atoms with Gasteiger partial charge in [-0.1, -0.05) is 54.1 Å². The number of halogens is 2. The third-order valence-corrected chi connectivity index (χ3v) is 6.81. The number of nitrogens with zero attached hydrogens (tertiary/aromatic N) is 1. The lowest BCUT2D eigenvalue weighted by Gasteiger charge is -2.27. The molecule has 5 rings (SSSR count). The van der Waals surface area contributed by atoms with Crippen LogP contribution < -0.4 is 24.7 Å². The van der Waals surface area contributed by atoms with Gasteiger partial charge in [0, 0.05) is 22.2 Å². The first-order valence-electron chi connectivity index (χ1n) is 12.7. The van der Waals surface area contributed by atoms with Gasteiger partial charge < -0.3 is 24.7 Å². The van der Waals surface area contributed by atoms with Gasteiger partial charge in [-0.2, -0.15) is 5.26 Å². The number of hydrogen-bond acceptors (Lipinski definition) is 7. The van der Waals surface area contributed by atoms with Crippen LogP contribution in [0.4, 0.5) is 4.39 Å². The molecule has 0 bridgehead atoms. The highest BCUT2D eigenvalue weighted by Crippen LogP contribution is 2.45. The predicted molar refractivity (Wildman–Crippen MR) is 150 cm³/mol. The molecule has 7 nitrogen and oxygen atoms in total. The Labute approximate surface area is 241 Å². The minimum Gasteiger partial charge on any atom is -0.490 e. The van der Waals surface area contributed by atoms with Crippen molar-refractivity contribution in [1.29, 1.82) is 5.26 Å². The molecule has 1 aliphatic rings. The van der Waals surface area contributed by atoms with E-state index in [4.69, 9.17) is 36.3 Å². The van der Waals surface area contributed by atoms with Crippen molar-refractivity contribution in [3.8, 4) is 29.1 Å². The van der Waals surface area contributed by atoms with Gasteiger partial charge in [0.1, 0.15) is 35.6 Å². The highest BCUT2D eigenvalue weighted by atomic mass is 35.5. The van der Waals surface area contributed by atoms with Crippen LogP contribution in [0.1, 0.15) is 39.9 Å². The largest absolute Gasteiger partial charge is 0.490 e. The van der Waals surface area contributed by atoms with Gasteiger partial charge in [0.15, 0.2) is 11.5 Å². The van der Waals surface area contributed by atoms with Crippen LogP contribution in [0.15, 0.2) is 96.4 Å². The van der Waals surface area contributed by atoms with E-state index in [1.807, 2.05) is 31.2 Å². The molecule has 0 amide bonds. The molecule has 0 radical (unpaired) electrons. The van der Waals surface area contributed by atoms with Gasteiger partial charge in [-0.05, 0) is 48.9 Å². The molecule has 0 aliphatic carbocycles. The molecule has 0 saturated carbocycles. The molecule has 4 aromatic carbocycles. The zero-order valence-corrected chi connectivity index (χ0v) is 22.7. The zero-order chi connectivity index (χ0) is 28.9. The summed E-state index contributed by atoms with van der Waals surface area (Å²) in [5, 5.41) is 10.6. The molecule has 1 atom stereocenters. The molecule has 1 heterocycles. The average Bonchev–Trinajstić information content (AvgIpc) is 2.97. The number of allylic oxidation sites excluding steroid dienone is 1. The summed E-state index contributed by atoms with van der Waals surface area (Å²) in [6, 6.07) is 25.2. The van der Waals surface area contributed by atoms with Crippen molar-refractivity contribution in [3.63, 3.8) is 0 Å². The van der Waals surface area contributed by atoms with Gasteiger partial charge in [0.2, 0.25) is 5.88 Å². The van der Waals surface area contributed by atoms with Crippen LogP contribution in [0.2, 0.25) is 5.02 Å². The summed E-state index contributed by atoms with van der Waals surface area (Å²) in [5.41, 5.74) is 8.32. The fraction of sp³-hybridized carbons (Fsp3) is 0.125. The Kier molecular flexibility index (Phi) is 8.09. The second kappa shape index (κ2) is 12.0. The van der Waals surface area contributed by atoms with Crippen LogP contribution in [0, 0.1) is 17.1 Å². The second-order valence-electron chi connectivity index (χ2n) is 9.01. The highest BCUT2D eigenvalue weighted by molar-refractivity contribution is 6.31. The maximum absolute atomic E-state index is 14.1. The van der Waals surface area contributed by atoms with Crippen molar-refractivity contribution in [3.05, 3.63) is 129 Å². The monoisotopic (exact) mass is 570 g/mol. The van der Waals surface area contributed by atoms with Crippen LogP contribution in [-0.4, -0.2) is 12.6 Å². The van der Waals surface area contributed by atoms with Gasteiger partial charge in [-0.25, -0.2) is 9.18 Å². The average molecular weight is 571 g/mol. The number of fused-ring (bicyclic) bond motifs is 1. The number of carbonyl (C=O) groups excluding carboxylic acids is 1. The fourth-order valence-corrected chi connectivity index (χ4v) is 4.68. The Morgan fingerprint density at radius 3 is 2.56 bits per heavy atom. The Hall–Kier alpha value is -5.00. The summed E-state index contributed by atoms with van der Waals surface area (Å²) in [5.74, 6) is -0.821. The Bertz CT molecular complexity index is 1700. The van der Waals surface area contributed by atoms with Gasteiger partial charge in [0.25, 0.3) is 0 Å². The molecule has 1 aliphatic heterocycles. The molecule has 0 aromatic heterocycles. The zero-order valence-electron chi connectivity index (χ0n) is 21.9. The fourth-order valence-electron chi connectivity index (χ4n) is 4.49. The Morgan fingerprint density at radius 2 is 1.80 bits per heavy atom. The standard InChI is InChI=1S/C32H24ClFN2O5/c1-2-38-29-15-19(11-14-27(29)39-18-20-7-3-5-9-25(20)33)30-23-13-12-21(16-28(23)41-31(36)24(30)17-35)40-32(37)22-8-4-6-10-26(22)34/h3-16,30H,2,18,36H2,1H3. The quantitative estimate of drug-likeness (QED) is 0.182. The molecular weight excluding hydrogens is 547 g/mol. The maximum atomic E-state index is 14.1. The molecule has 9 heteroatoms. The summed E-state index contributed by atoms with van der Waals surface area (Å²) >= 11 is 6.27. The number of hydrogen-bond donors (Lipinski definition) is 1. The SMILES string of the molecule is CCOc1cc(C2C(C#N)=C(N)Oc3cc(OC(=O)c4ccccc4F)ccc32)ccc1OCc1ccccc1Cl. The number of rotatable bonds is 8. The van der Waals surface area contributed by atoms with E-state index in [0.29, 0.717) is 40.0 Å². The van der Waals surface area contributed by atoms with E-state index < -0.39 is 17.7 Å². The molecular formula is C32H24ClFN2O5. The number of ether oxygens (including phenoxy) is 4. The van der Waals surface area contributed by atoms with Gasteiger partial charge in [0.05, 0.1) is 18.1 Å². The van der Waals surface area contributed by atoms with Crippen molar-refractivity contribution in [2.45, 2.75) is 19.4 Å². The van der Waals surface area contributed by atoms with Crippen LogP contribution in [-0.2, 0) is 6.61 Å². The first kappa shape index (κ1) is 27.6. The smallest absolute Gasteiger partial charge is 0.346 e. The number of carbonyl (C=O) groups is 1. The van der Waals surface area contributed by atoms with E-state index in [1.165, 1.54) is 24.3 Å². The second-order valence-corrected chi connectivity index (χ2v) is 9.42. The van der Waals surface area contributed by atoms with Crippen LogP contribution in [0.5, 0.6) is 23.0 Å². The molecule has 0 fully saturated rings. The van der Waals surface area contributed by atoms with Gasteiger partial charge in [-0.15, -0.1) is 0 Å². The Balaban J connectivity index is 1.46. The number of esters is 1. The predicted octanol–water partition coefficient (Wildman–Crippen LogP) is 6.89. The van der Waals surface area contributed by atoms with Crippen LogP contribution >= 0.6 is 11.6 Å². The lowest BCUT2D eigenvalue weighted by Crippen LogP contribution is -2.21. The molecule has 1 unspecified atom stereocenters. The number of benzene rings is 4. The van der Waals surface area contributed by atoms with Crippen molar-refractivity contribution in [2.24, 2.45) is 5.73 Å². The number of nitrogens with two attached hydrogens (primary N) is 1. The molecule has 206 valence electrons. The van der Waals surface area contributed by atoms with Crippen molar-refractivity contribution in [1.82, 2.24) is 0 Å². The molecule has 4 aromatic rings. The van der Waals surface area contributed by atoms with E-state index >= 15 is 0 Å². The maximum Gasteiger partial charge on any atom is 0.346 e. The molecule has 41 heavy (non-hydrogen) atoms. The summed E-state index contributed by atoms with van der Waals surface area (Å²) < 4.78 is 37.1. The van der Waals surface area contributed by atoms with Crippen LogP contribution in [0.3, 0.4) is 0 Å². The van der Waals surface area contributed by atoms with Crippen molar-refractivity contribution < 1.29 is 28.1 Å². The summed E-state index contributed by atoms with van der Waals surface area (Å²) in [4.78, 5) is 12.5. The normalized spacial score (nSPS) is 14.0. The third kappa shape index (κ3) is 5.81. The minimum absolute atomic E-state index is 0.0837. The molecule has 2 N–H and O–H groups in total. The Morgan fingerprint density at radius 1 is 1.02 bits per heavy atom. The summed E-state index contributed by atoms with van der Waals surface area (Å²) in [7, 11) is 0. The summed E-state index contributed by atoms with van der Waals surface area (Å²) in [6.45, 7) is 2.48. The molecule has 0 spiro atoms. The van der Waals surface area contributed by atoms with E-state index in [0.717, 1.165) is 5.56 Å². The first-order valence-corrected chi connectivity index (χ1v) is 13.1. The van der Waals surface area contributed by atoms with Gasteiger partial charge in [-0.3, -0.25) is 0 Å². The van der Waals surface area contributed by atoms with Gasteiger partial charge >= 0.3 is 5.97 Å². The van der Waals surface area contributed by atoms with E-state index in [1.54, 1.807) is 36.4 Å². The molecule has 0 saturated heterocycles. The van der Waals surface area contributed by atoms with E-state index in [-0.39, 0.29) is 29.4 Å². The topological polar surface area (TPSA) is 104 Å². The first-order chi connectivity index (χ1) is 19.9. The van der Waals surface area contributed by atoms with Crippen LogP contribution in [0.25, 0.3) is 0 Å². The summed E-state index contributed by atoms with van der Waals surface area (Å²) in [6.07, 6.45) is 0.